The van der Waals surface area contributed by atoms with Crippen molar-refractivity contribution in [2.75, 3.05) is 0 Å². The molecule has 0 heterocycles. The van der Waals surface area contributed by atoms with Crippen molar-refractivity contribution in [2.24, 2.45) is 0 Å². The Morgan fingerprint density at radius 2 is 1.89 bits per heavy atom. The fourth-order valence-corrected chi connectivity index (χ4v) is 2.40. The Hall–Kier alpha value is -0.930. The smallest absolute Gasteiger partial charge is 0.0976 e. The topological polar surface area (TPSA) is 29.1 Å². The van der Waals surface area contributed by atoms with Crippen molar-refractivity contribution in [3.05, 3.63) is 48.0 Å². The van der Waals surface area contributed by atoms with E-state index in [-0.39, 0.29) is 10.8 Å². The molecule has 0 saturated carbocycles. The second kappa shape index (κ2) is 6.30. The van der Waals surface area contributed by atoms with Crippen LogP contribution < -0.4 is 4.72 Å². The maximum atomic E-state index is 12.2. The van der Waals surface area contributed by atoms with E-state index >= 15 is 0 Å². The normalized spacial score (nSPS) is 15.1. The number of hydrogen-bond acceptors (Lipinski definition) is 1. The van der Waals surface area contributed by atoms with E-state index in [9.17, 15) is 4.21 Å². The van der Waals surface area contributed by atoms with Crippen LogP contribution in [-0.2, 0) is 11.0 Å². The van der Waals surface area contributed by atoms with Gasteiger partial charge in [0.05, 0.1) is 15.7 Å². The summed E-state index contributed by atoms with van der Waals surface area (Å²) in [6, 6.07) is 10.2. The van der Waals surface area contributed by atoms with Gasteiger partial charge < -0.3 is 0 Å². The van der Waals surface area contributed by atoms with E-state index in [4.69, 9.17) is 0 Å². The van der Waals surface area contributed by atoms with Gasteiger partial charge in [0.1, 0.15) is 0 Å². The van der Waals surface area contributed by atoms with Gasteiger partial charge in [-0.05, 0) is 39.7 Å². The molecule has 2 nitrogen and oxygen atoms in total. The highest BCUT2D eigenvalue weighted by molar-refractivity contribution is 7.84. The molecular formula is C15H23NOS. The molecule has 0 fully saturated rings. The first-order valence-corrected chi connectivity index (χ1v) is 7.33. The average molecular weight is 265 g/mol. The van der Waals surface area contributed by atoms with Crippen LogP contribution in [0.1, 0.15) is 45.7 Å². The van der Waals surface area contributed by atoms with E-state index in [1.165, 1.54) is 0 Å². The molecule has 0 spiro atoms. The maximum Gasteiger partial charge on any atom is 0.0976 e. The molecule has 2 atom stereocenters. The summed E-state index contributed by atoms with van der Waals surface area (Å²) in [4.78, 5) is 0. The second-order valence-corrected chi connectivity index (χ2v) is 7.62. The van der Waals surface area contributed by atoms with Crippen molar-refractivity contribution >= 4 is 11.0 Å². The van der Waals surface area contributed by atoms with Crippen molar-refractivity contribution < 1.29 is 4.21 Å². The average Bonchev–Trinajstić information content (AvgIpc) is 2.27. The monoisotopic (exact) mass is 265 g/mol. The molecule has 1 unspecified atom stereocenters. The van der Waals surface area contributed by atoms with E-state index in [1.54, 1.807) is 0 Å². The Morgan fingerprint density at radius 1 is 1.33 bits per heavy atom. The second-order valence-electron chi connectivity index (χ2n) is 5.62. The van der Waals surface area contributed by atoms with Gasteiger partial charge in [0.2, 0.25) is 0 Å². The molecule has 0 aliphatic rings. The molecule has 18 heavy (non-hydrogen) atoms. The third-order valence-corrected chi connectivity index (χ3v) is 4.17. The molecule has 1 aromatic carbocycles. The molecule has 1 rings (SSSR count). The van der Waals surface area contributed by atoms with Crippen molar-refractivity contribution in [1.82, 2.24) is 4.72 Å². The summed E-state index contributed by atoms with van der Waals surface area (Å²) in [5.74, 6) is 0. The van der Waals surface area contributed by atoms with E-state index in [0.29, 0.717) is 0 Å². The molecule has 1 N–H and O–H groups in total. The van der Waals surface area contributed by atoms with E-state index in [1.807, 2.05) is 45.9 Å². The Kier molecular flexibility index (Phi) is 5.29. The molecule has 0 aliphatic carbocycles. The van der Waals surface area contributed by atoms with E-state index in [2.05, 4.69) is 23.4 Å². The van der Waals surface area contributed by atoms with Crippen LogP contribution in [0.3, 0.4) is 0 Å². The highest BCUT2D eigenvalue weighted by Gasteiger charge is 2.23. The molecule has 0 aromatic heterocycles. The van der Waals surface area contributed by atoms with Crippen molar-refractivity contribution in [3.8, 4) is 0 Å². The fraction of sp³-hybridized carbons (Fsp3) is 0.467. The van der Waals surface area contributed by atoms with Crippen LogP contribution >= 0.6 is 0 Å². The minimum Gasteiger partial charge on any atom is -0.242 e. The first-order valence-electron chi connectivity index (χ1n) is 6.18. The van der Waals surface area contributed by atoms with E-state index in [0.717, 1.165) is 17.6 Å². The van der Waals surface area contributed by atoms with E-state index < -0.39 is 11.0 Å². The standard InChI is InChI=1S/C15H23NOS/c1-12(2)11-14(13-9-7-6-8-10-13)16-18(17)15(3,4)5/h6-10,14,16H,1,11H2,2-5H3/t14-,18?/m0/s1. The zero-order valence-electron chi connectivity index (χ0n) is 11.7. The summed E-state index contributed by atoms with van der Waals surface area (Å²) in [7, 11) is -1.08. The highest BCUT2D eigenvalue weighted by atomic mass is 32.2. The number of nitrogens with one attached hydrogen (secondary N) is 1. The van der Waals surface area contributed by atoms with Crippen LogP contribution in [0.5, 0.6) is 0 Å². The zero-order chi connectivity index (χ0) is 13.8. The van der Waals surface area contributed by atoms with Crippen molar-refractivity contribution in [2.45, 2.75) is 44.9 Å². The lowest BCUT2D eigenvalue weighted by Crippen LogP contribution is -2.35. The molecule has 0 aliphatic heterocycles. The molecule has 100 valence electrons. The van der Waals surface area contributed by atoms with Gasteiger partial charge in [0, 0.05) is 6.04 Å². The van der Waals surface area contributed by atoms with Gasteiger partial charge in [-0.1, -0.05) is 35.9 Å². The predicted octanol–water partition coefficient (Wildman–Crippen LogP) is 3.75. The number of benzene rings is 1. The van der Waals surface area contributed by atoms with Gasteiger partial charge in [-0.15, -0.1) is 6.58 Å². The largest absolute Gasteiger partial charge is 0.242 e. The zero-order valence-corrected chi connectivity index (χ0v) is 12.5. The minimum atomic E-state index is -1.08. The van der Waals surface area contributed by atoms with Crippen LogP contribution in [0, 0.1) is 0 Å². The molecule has 3 heteroatoms. The lowest BCUT2D eigenvalue weighted by Gasteiger charge is -2.24. The Labute approximate surface area is 113 Å². The third-order valence-electron chi connectivity index (χ3n) is 2.56. The van der Waals surface area contributed by atoms with Gasteiger partial charge in [-0.2, -0.15) is 0 Å². The minimum absolute atomic E-state index is 0.0590. The number of hydrogen-bond donors (Lipinski definition) is 1. The quantitative estimate of drug-likeness (QED) is 0.807. The summed E-state index contributed by atoms with van der Waals surface area (Å²) >= 11 is 0. The third kappa shape index (κ3) is 4.75. The van der Waals surface area contributed by atoms with Gasteiger partial charge >= 0.3 is 0 Å². The van der Waals surface area contributed by atoms with Gasteiger partial charge in [-0.3, -0.25) is 0 Å². The summed E-state index contributed by atoms with van der Waals surface area (Å²) in [5, 5.41) is 0. The molecule has 0 bridgehead atoms. The van der Waals surface area contributed by atoms with Crippen molar-refractivity contribution in [1.29, 1.82) is 0 Å². The van der Waals surface area contributed by atoms with Gasteiger partial charge in [-0.25, -0.2) is 8.93 Å². The number of rotatable bonds is 5. The molecule has 0 amide bonds. The SMILES string of the molecule is C=C(C)C[C@H](NS(=O)C(C)(C)C)c1ccccc1. The predicted molar refractivity (Wildman–Crippen MR) is 79.6 cm³/mol. The first-order chi connectivity index (χ1) is 8.30. The summed E-state index contributed by atoms with van der Waals surface area (Å²) < 4.78 is 15.2. The molecular weight excluding hydrogens is 242 g/mol. The van der Waals surface area contributed by atoms with Crippen LogP contribution in [0.2, 0.25) is 0 Å². The summed E-state index contributed by atoms with van der Waals surface area (Å²) in [5.41, 5.74) is 2.24. The lowest BCUT2D eigenvalue weighted by molar-refractivity contribution is 0.596. The van der Waals surface area contributed by atoms with Gasteiger partial charge in [0.25, 0.3) is 0 Å². The highest BCUT2D eigenvalue weighted by Crippen LogP contribution is 2.22. The maximum absolute atomic E-state index is 12.2. The van der Waals surface area contributed by atoms with Crippen LogP contribution in [-0.4, -0.2) is 8.96 Å². The summed E-state index contributed by atoms with van der Waals surface area (Å²) in [6.45, 7) is 11.9. The molecule has 1 aromatic rings. The molecule has 0 radical (unpaired) electrons. The fourth-order valence-electron chi connectivity index (χ4n) is 1.57. The summed E-state index contributed by atoms with van der Waals surface area (Å²) in [6.07, 6.45) is 0.797. The first kappa shape index (κ1) is 15.1. The Bertz CT molecular complexity index is 420. The Morgan fingerprint density at radius 3 is 2.33 bits per heavy atom. The van der Waals surface area contributed by atoms with Crippen LogP contribution in [0.4, 0.5) is 0 Å². The molecule has 0 saturated heterocycles. The lowest BCUT2D eigenvalue weighted by atomic mass is 10.0. The van der Waals surface area contributed by atoms with Crippen molar-refractivity contribution in [3.63, 3.8) is 0 Å². The van der Waals surface area contributed by atoms with Gasteiger partial charge in [0.15, 0.2) is 0 Å². The van der Waals surface area contributed by atoms with Crippen LogP contribution in [0.25, 0.3) is 0 Å². The Balaban J connectivity index is 2.87. The van der Waals surface area contributed by atoms with Crippen LogP contribution in [0.15, 0.2) is 42.5 Å².